The fourth-order valence-electron chi connectivity index (χ4n) is 3.28. The van der Waals surface area contributed by atoms with Crippen molar-refractivity contribution in [1.82, 2.24) is 0 Å². The van der Waals surface area contributed by atoms with Crippen molar-refractivity contribution >= 4 is 17.6 Å². The molecule has 1 aromatic rings. The smallest absolute Gasteiger partial charge is 0.309 e. The monoisotopic (exact) mass is 250 g/mol. The number of rotatable bonds is 3. The largest absolute Gasteiger partial charge is 0.481 e. The molecule has 2 unspecified atom stereocenters. The molecule has 2 aliphatic rings. The quantitative estimate of drug-likeness (QED) is 0.893. The molecule has 0 bridgehead atoms. The third-order valence-electron chi connectivity index (χ3n) is 4.28. The van der Waals surface area contributed by atoms with Gasteiger partial charge in [-0.2, -0.15) is 0 Å². The highest BCUT2D eigenvalue weighted by Gasteiger charge is 2.57. The first-order valence-electron chi connectivity index (χ1n) is 6.07. The molecule has 0 aliphatic heterocycles. The number of carboxylic acids is 1. The van der Waals surface area contributed by atoms with Gasteiger partial charge in [0.15, 0.2) is 0 Å². The minimum absolute atomic E-state index is 0.512. The van der Waals surface area contributed by atoms with Gasteiger partial charge in [-0.3, -0.25) is 4.79 Å². The van der Waals surface area contributed by atoms with Crippen LogP contribution in [0.15, 0.2) is 24.3 Å². The average molecular weight is 251 g/mol. The van der Waals surface area contributed by atoms with Crippen LogP contribution in [0.1, 0.15) is 24.8 Å². The molecule has 17 heavy (non-hydrogen) atoms. The Hall–Kier alpha value is -1.02. The average Bonchev–Trinajstić information content (AvgIpc) is 2.90. The van der Waals surface area contributed by atoms with Crippen LogP contribution in [0.5, 0.6) is 0 Å². The summed E-state index contributed by atoms with van der Waals surface area (Å²) in [6, 6.07) is 7.55. The van der Waals surface area contributed by atoms with E-state index in [9.17, 15) is 9.90 Å². The molecular formula is C14H15ClO2. The first-order chi connectivity index (χ1) is 8.09. The molecule has 0 spiro atoms. The Morgan fingerprint density at radius 2 is 1.88 bits per heavy atom. The predicted octanol–water partition coefficient (Wildman–Crippen LogP) is 3.38. The first-order valence-corrected chi connectivity index (χ1v) is 6.45. The fraction of sp³-hybridized carbons (Fsp3) is 0.500. The van der Waals surface area contributed by atoms with Crippen molar-refractivity contribution in [2.75, 3.05) is 0 Å². The van der Waals surface area contributed by atoms with Crippen molar-refractivity contribution in [3.05, 3.63) is 34.9 Å². The van der Waals surface area contributed by atoms with Crippen LogP contribution in [0.2, 0.25) is 5.02 Å². The Kier molecular flexibility index (Phi) is 2.44. The minimum Gasteiger partial charge on any atom is -0.481 e. The topological polar surface area (TPSA) is 37.3 Å². The van der Waals surface area contributed by atoms with Gasteiger partial charge in [0.05, 0.1) is 5.41 Å². The maximum atomic E-state index is 11.5. The lowest BCUT2D eigenvalue weighted by molar-refractivity contribution is -0.149. The van der Waals surface area contributed by atoms with Gasteiger partial charge in [0.1, 0.15) is 0 Å². The highest BCUT2D eigenvalue weighted by atomic mass is 35.5. The number of carbonyl (C=O) groups is 1. The zero-order valence-electron chi connectivity index (χ0n) is 9.53. The fourth-order valence-corrected chi connectivity index (χ4v) is 3.41. The number of halogens is 1. The summed E-state index contributed by atoms with van der Waals surface area (Å²) in [4.78, 5) is 11.5. The molecule has 0 saturated heterocycles. The minimum atomic E-state index is -0.625. The molecule has 2 aliphatic carbocycles. The molecule has 2 atom stereocenters. The van der Waals surface area contributed by atoms with E-state index in [0.717, 1.165) is 18.4 Å². The molecule has 1 N–H and O–H groups in total. The Morgan fingerprint density at radius 3 is 2.41 bits per heavy atom. The molecule has 0 heterocycles. The van der Waals surface area contributed by atoms with Crippen LogP contribution >= 0.6 is 11.6 Å². The van der Waals surface area contributed by atoms with E-state index in [4.69, 9.17) is 11.6 Å². The highest BCUT2D eigenvalue weighted by Crippen LogP contribution is 2.60. The Balaban J connectivity index is 1.81. The number of carboxylic acid groups (broad SMARTS) is 1. The molecule has 0 amide bonds. The van der Waals surface area contributed by atoms with Crippen LogP contribution in [0, 0.1) is 17.3 Å². The third-order valence-corrected chi connectivity index (χ3v) is 4.54. The normalized spacial score (nSPS) is 34.4. The van der Waals surface area contributed by atoms with E-state index in [2.05, 4.69) is 0 Å². The summed E-state index contributed by atoms with van der Waals surface area (Å²) in [5.41, 5.74) is 0.569. The van der Waals surface area contributed by atoms with Crippen LogP contribution in [0.3, 0.4) is 0 Å². The Morgan fingerprint density at radius 1 is 1.29 bits per heavy atom. The molecule has 2 fully saturated rings. The standard InChI is InChI=1S/C14H15ClO2/c15-12-3-1-9(2-4-12)6-14(13(16)17)7-10-5-11(10)8-14/h1-4,10-11H,5-8H2,(H,16,17). The number of benzene rings is 1. The van der Waals surface area contributed by atoms with Gasteiger partial charge in [0.2, 0.25) is 0 Å². The SMILES string of the molecule is O=C(O)C1(Cc2ccc(Cl)cc2)CC2CC2C1. The number of fused-ring (bicyclic) bond motifs is 1. The summed E-state index contributed by atoms with van der Waals surface area (Å²) in [7, 11) is 0. The molecule has 3 heteroatoms. The van der Waals surface area contributed by atoms with E-state index in [1.165, 1.54) is 6.42 Å². The zero-order chi connectivity index (χ0) is 12.0. The second-order valence-electron chi connectivity index (χ2n) is 5.55. The second-order valence-corrected chi connectivity index (χ2v) is 5.99. The van der Waals surface area contributed by atoms with Crippen molar-refractivity contribution in [2.45, 2.75) is 25.7 Å². The van der Waals surface area contributed by atoms with E-state index in [-0.39, 0.29) is 0 Å². The first kappa shape index (κ1) is 11.1. The van der Waals surface area contributed by atoms with E-state index >= 15 is 0 Å². The van der Waals surface area contributed by atoms with Crippen LogP contribution in [0.4, 0.5) is 0 Å². The van der Waals surface area contributed by atoms with E-state index in [1.807, 2.05) is 24.3 Å². The molecule has 2 nitrogen and oxygen atoms in total. The number of hydrogen-bond acceptors (Lipinski definition) is 1. The molecule has 0 aromatic heterocycles. The second kappa shape index (κ2) is 3.74. The summed E-state index contributed by atoms with van der Waals surface area (Å²) < 4.78 is 0. The van der Waals surface area contributed by atoms with Crippen molar-refractivity contribution in [1.29, 1.82) is 0 Å². The summed E-state index contributed by atoms with van der Waals surface area (Å²) in [5, 5.41) is 10.2. The third kappa shape index (κ3) is 1.95. The predicted molar refractivity (Wildman–Crippen MR) is 66.1 cm³/mol. The van der Waals surface area contributed by atoms with Crippen LogP contribution in [-0.2, 0) is 11.2 Å². The van der Waals surface area contributed by atoms with E-state index < -0.39 is 11.4 Å². The molecule has 3 rings (SSSR count). The van der Waals surface area contributed by atoms with Gasteiger partial charge >= 0.3 is 5.97 Å². The van der Waals surface area contributed by atoms with Crippen molar-refractivity contribution < 1.29 is 9.90 Å². The Bertz CT molecular complexity index is 442. The van der Waals surface area contributed by atoms with Crippen LogP contribution in [-0.4, -0.2) is 11.1 Å². The maximum Gasteiger partial charge on any atom is 0.309 e. The van der Waals surface area contributed by atoms with Gasteiger partial charge in [0, 0.05) is 5.02 Å². The van der Waals surface area contributed by atoms with Gasteiger partial charge in [-0.05, 0) is 55.2 Å². The van der Waals surface area contributed by atoms with Crippen molar-refractivity contribution in [3.63, 3.8) is 0 Å². The van der Waals surface area contributed by atoms with Crippen molar-refractivity contribution in [3.8, 4) is 0 Å². The van der Waals surface area contributed by atoms with Gasteiger partial charge < -0.3 is 5.11 Å². The number of hydrogen-bond donors (Lipinski definition) is 1. The van der Waals surface area contributed by atoms with Gasteiger partial charge in [-0.1, -0.05) is 23.7 Å². The van der Waals surface area contributed by atoms with Gasteiger partial charge in [-0.25, -0.2) is 0 Å². The molecule has 0 radical (unpaired) electrons. The summed E-state index contributed by atoms with van der Waals surface area (Å²) in [6.07, 6.45) is 3.60. The zero-order valence-corrected chi connectivity index (χ0v) is 10.3. The molecule has 2 saturated carbocycles. The van der Waals surface area contributed by atoms with Gasteiger partial charge in [0.25, 0.3) is 0 Å². The van der Waals surface area contributed by atoms with Gasteiger partial charge in [-0.15, -0.1) is 0 Å². The van der Waals surface area contributed by atoms with Crippen molar-refractivity contribution in [2.24, 2.45) is 17.3 Å². The highest BCUT2D eigenvalue weighted by molar-refractivity contribution is 6.30. The molecule has 90 valence electrons. The summed E-state index contributed by atoms with van der Waals surface area (Å²) >= 11 is 5.84. The lowest BCUT2D eigenvalue weighted by Gasteiger charge is -2.26. The molecule has 1 aromatic carbocycles. The molecular weight excluding hydrogens is 236 g/mol. The van der Waals surface area contributed by atoms with Crippen LogP contribution < -0.4 is 0 Å². The summed E-state index contributed by atoms with van der Waals surface area (Å²) in [6.45, 7) is 0. The number of aliphatic carboxylic acids is 1. The Labute approximate surface area is 106 Å². The summed E-state index contributed by atoms with van der Waals surface area (Å²) in [5.74, 6) is 0.733. The maximum absolute atomic E-state index is 11.5. The van der Waals surface area contributed by atoms with E-state index in [0.29, 0.717) is 23.3 Å². The van der Waals surface area contributed by atoms with E-state index in [1.54, 1.807) is 0 Å². The lowest BCUT2D eigenvalue weighted by Crippen LogP contribution is -2.31. The van der Waals surface area contributed by atoms with Crippen LogP contribution in [0.25, 0.3) is 0 Å². The lowest BCUT2D eigenvalue weighted by atomic mass is 9.77.